The van der Waals surface area contributed by atoms with Gasteiger partial charge in [0.05, 0.1) is 5.02 Å². The molecule has 0 aliphatic rings. The van der Waals surface area contributed by atoms with Gasteiger partial charge in [-0.2, -0.15) is 14.6 Å². The first kappa shape index (κ1) is 23.4. The molecule has 3 rings (SSSR count). The molecule has 2 aromatic carbocycles. The van der Waals surface area contributed by atoms with E-state index in [9.17, 15) is 18.5 Å². The molecule has 1 aromatic heterocycles. The van der Waals surface area contributed by atoms with Gasteiger partial charge in [0, 0.05) is 17.8 Å². The van der Waals surface area contributed by atoms with Gasteiger partial charge in [0.1, 0.15) is 24.0 Å². The van der Waals surface area contributed by atoms with Gasteiger partial charge < -0.3 is 4.74 Å². The first-order valence-corrected chi connectivity index (χ1v) is 12.1. The number of halogens is 1. The molecule has 1 N–H and O–H groups in total. The molecule has 0 aliphatic heterocycles. The van der Waals surface area contributed by atoms with Crippen molar-refractivity contribution in [2.75, 3.05) is 11.6 Å². The van der Waals surface area contributed by atoms with Crippen LogP contribution in [0.1, 0.15) is 16.7 Å². The summed E-state index contributed by atoms with van der Waals surface area (Å²) in [5.74, 6) is -0.282. The first-order valence-electron chi connectivity index (χ1n) is 9.10. The third kappa shape index (κ3) is 6.13. The second-order valence-electron chi connectivity index (χ2n) is 6.75. The van der Waals surface area contributed by atoms with E-state index in [1.165, 1.54) is 6.08 Å². The molecule has 1 amide bonds. The minimum absolute atomic E-state index is 0.0329. The number of carbonyl (C=O) groups excluding carboxylic acids is 1. The highest BCUT2D eigenvalue weighted by Crippen LogP contribution is 2.27. The fourth-order valence-corrected chi connectivity index (χ4v) is 4.26. The van der Waals surface area contributed by atoms with Gasteiger partial charge >= 0.3 is 0 Å². The molecule has 0 aliphatic carbocycles. The molecule has 0 spiro atoms. The minimum atomic E-state index is -3.60. The maximum Gasteiger partial charge on any atom is 0.268 e. The molecule has 8 nitrogen and oxygen atoms in total. The van der Waals surface area contributed by atoms with Gasteiger partial charge in [0.15, 0.2) is 0 Å². The second-order valence-corrected chi connectivity index (χ2v) is 9.81. The molecule has 0 fully saturated rings. The van der Waals surface area contributed by atoms with E-state index >= 15 is 0 Å². The Morgan fingerprint density at radius 1 is 1.31 bits per heavy atom. The zero-order valence-corrected chi connectivity index (χ0v) is 19.4. The number of sulfone groups is 1. The van der Waals surface area contributed by atoms with E-state index in [1.54, 1.807) is 24.3 Å². The summed E-state index contributed by atoms with van der Waals surface area (Å²) >= 11 is 7.00. The van der Waals surface area contributed by atoms with Crippen LogP contribution in [0.4, 0.5) is 5.13 Å². The molecule has 0 bridgehead atoms. The molecule has 164 valence electrons. The van der Waals surface area contributed by atoms with E-state index in [4.69, 9.17) is 16.3 Å². The quantitative estimate of drug-likeness (QED) is 0.393. The lowest BCUT2D eigenvalue weighted by atomic mass is 10.1. The Morgan fingerprint density at radius 2 is 2.09 bits per heavy atom. The van der Waals surface area contributed by atoms with E-state index in [0.29, 0.717) is 34.5 Å². The predicted molar refractivity (Wildman–Crippen MR) is 122 cm³/mol. The highest BCUT2D eigenvalue weighted by molar-refractivity contribution is 7.90. The van der Waals surface area contributed by atoms with Gasteiger partial charge in [-0.05, 0) is 36.3 Å². The van der Waals surface area contributed by atoms with Crippen molar-refractivity contribution in [3.63, 3.8) is 0 Å². The van der Waals surface area contributed by atoms with Gasteiger partial charge in [0.2, 0.25) is 15.0 Å². The Morgan fingerprint density at radius 3 is 2.72 bits per heavy atom. The third-order valence-corrected chi connectivity index (χ3v) is 5.96. The molecule has 1 heterocycles. The van der Waals surface area contributed by atoms with Gasteiger partial charge in [-0.25, -0.2) is 8.42 Å². The average Bonchev–Trinajstić information content (AvgIpc) is 3.20. The number of rotatable bonds is 7. The molecular formula is C21H17ClN4O4S2. The third-order valence-electron chi connectivity index (χ3n) is 4.07. The summed E-state index contributed by atoms with van der Waals surface area (Å²) in [5, 5.41) is 11.6. The fourth-order valence-electron chi connectivity index (χ4n) is 2.58. The summed E-state index contributed by atoms with van der Waals surface area (Å²) in [7, 11) is -3.60. The lowest BCUT2D eigenvalue weighted by Crippen LogP contribution is -2.13. The summed E-state index contributed by atoms with van der Waals surface area (Å²) in [5.41, 5.74) is 2.43. The summed E-state index contributed by atoms with van der Waals surface area (Å²) in [6, 6.07) is 14.6. The average molecular weight is 489 g/mol. The maximum absolute atomic E-state index is 12.4. The molecule has 0 radical (unpaired) electrons. The smallest absolute Gasteiger partial charge is 0.268 e. The lowest BCUT2D eigenvalue weighted by Gasteiger charge is -2.09. The Kier molecular flexibility index (Phi) is 7.25. The SMILES string of the molecule is Cc1cccc(COc2ccc(/C=C(/C#N)C(=O)Nc3nc(S(C)(=O)=O)ns3)cc2Cl)c1. The van der Waals surface area contributed by atoms with Crippen LogP contribution in [0, 0.1) is 18.3 Å². The van der Waals surface area contributed by atoms with Crippen LogP contribution < -0.4 is 10.1 Å². The number of nitrogens with one attached hydrogen (secondary N) is 1. The number of aryl methyl sites for hydroxylation is 1. The molecule has 0 saturated carbocycles. The Hall–Kier alpha value is -3.26. The summed E-state index contributed by atoms with van der Waals surface area (Å²) in [4.78, 5) is 16.1. The largest absolute Gasteiger partial charge is 0.487 e. The lowest BCUT2D eigenvalue weighted by molar-refractivity contribution is -0.112. The summed E-state index contributed by atoms with van der Waals surface area (Å²) in [6.45, 7) is 2.34. The van der Waals surface area contributed by atoms with Crippen LogP contribution in [-0.2, 0) is 21.2 Å². The Labute approximate surface area is 194 Å². The zero-order chi connectivity index (χ0) is 23.3. The van der Waals surface area contributed by atoms with E-state index in [1.807, 2.05) is 31.2 Å². The molecule has 32 heavy (non-hydrogen) atoms. The van der Waals surface area contributed by atoms with Crippen LogP contribution in [0.25, 0.3) is 6.08 Å². The number of hydrogen-bond acceptors (Lipinski definition) is 8. The number of anilines is 1. The summed E-state index contributed by atoms with van der Waals surface area (Å²) < 4.78 is 32.3. The normalized spacial score (nSPS) is 11.6. The van der Waals surface area contributed by atoms with Crippen molar-refractivity contribution >= 4 is 50.1 Å². The molecule has 0 atom stereocenters. The van der Waals surface area contributed by atoms with E-state index in [-0.39, 0.29) is 10.7 Å². The van der Waals surface area contributed by atoms with Crippen LogP contribution in [0.2, 0.25) is 5.02 Å². The van der Waals surface area contributed by atoms with Crippen molar-refractivity contribution in [3.05, 3.63) is 69.8 Å². The zero-order valence-electron chi connectivity index (χ0n) is 17.0. The number of carbonyl (C=O) groups is 1. The van der Waals surface area contributed by atoms with Crippen molar-refractivity contribution in [3.8, 4) is 11.8 Å². The van der Waals surface area contributed by atoms with Crippen LogP contribution in [0.15, 0.2) is 53.2 Å². The highest BCUT2D eigenvalue weighted by atomic mass is 35.5. The van der Waals surface area contributed by atoms with Crippen molar-refractivity contribution in [1.29, 1.82) is 5.26 Å². The highest BCUT2D eigenvalue weighted by Gasteiger charge is 2.17. The molecule has 3 aromatic rings. The van der Waals surface area contributed by atoms with E-state index in [0.717, 1.165) is 17.4 Å². The standard InChI is InChI=1S/C21H17ClN4O4S2/c1-13-4-3-5-15(8-13)12-30-18-7-6-14(10-17(18)22)9-16(11-23)19(27)24-20-25-21(26-31-20)32(2,28)29/h3-10H,12H2,1-2H3,(H,24,25,26,27)/b16-9-. The molecule has 0 saturated heterocycles. The number of benzene rings is 2. The monoisotopic (exact) mass is 488 g/mol. The summed E-state index contributed by atoms with van der Waals surface area (Å²) in [6.07, 6.45) is 2.31. The van der Waals surface area contributed by atoms with Crippen molar-refractivity contribution in [1.82, 2.24) is 9.36 Å². The van der Waals surface area contributed by atoms with Gasteiger partial charge in [-0.3, -0.25) is 10.1 Å². The van der Waals surface area contributed by atoms with Gasteiger partial charge in [0.25, 0.3) is 11.1 Å². The second kappa shape index (κ2) is 9.91. The van der Waals surface area contributed by atoms with Crippen LogP contribution in [0.3, 0.4) is 0 Å². The number of ether oxygens (including phenoxy) is 1. The number of nitrogens with zero attached hydrogens (tertiary/aromatic N) is 3. The molecular weight excluding hydrogens is 472 g/mol. The van der Waals surface area contributed by atoms with Crippen molar-refractivity contribution < 1.29 is 17.9 Å². The van der Waals surface area contributed by atoms with E-state index < -0.39 is 20.9 Å². The number of aromatic nitrogens is 2. The van der Waals surface area contributed by atoms with Gasteiger partial charge in [-0.1, -0.05) is 47.5 Å². The van der Waals surface area contributed by atoms with Crippen LogP contribution in [0.5, 0.6) is 5.75 Å². The molecule has 0 unspecified atom stereocenters. The number of hydrogen-bond donors (Lipinski definition) is 1. The van der Waals surface area contributed by atoms with Crippen LogP contribution in [-0.4, -0.2) is 29.9 Å². The van der Waals surface area contributed by atoms with Crippen LogP contribution >= 0.6 is 23.1 Å². The van der Waals surface area contributed by atoms with E-state index in [2.05, 4.69) is 14.7 Å². The Balaban J connectivity index is 1.71. The predicted octanol–water partition coefficient (Wildman–Crippen LogP) is 4.03. The minimum Gasteiger partial charge on any atom is -0.487 e. The van der Waals surface area contributed by atoms with Crippen molar-refractivity contribution in [2.24, 2.45) is 0 Å². The molecule has 11 heteroatoms. The first-order chi connectivity index (χ1) is 15.2. The number of nitriles is 1. The fraction of sp³-hybridized carbons (Fsp3) is 0.143. The van der Waals surface area contributed by atoms with Gasteiger partial charge in [-0.15, -0.1) is 0 Å². The van der Waals surface area contributed by atoms with Crippen molar-refractivity contribution in [2.45, 2.75) is 18.7 Å². The topological polar surface area (TPSA) is 122 Å². The number of amides is 1. The maximum atomic E-state index is 12.4. The Bertz CT molecular complexity index is 1340.